The van der Waals surface area contributed by atoms with Crippen LogP contribution in [0.25, 0.3) is 16.9 Å². The van der Waals surface area contributed by atoms with Crippen molar-refractivity contribution in [3.63, 3.8) is 0 Å². The van der Waals surface area contributed by atoms with Crippen molar-refractivity contribution in [2.24, 2.45) is 0 Å². The van der Waals surface area contributed by atoms with Crippen molar-refractivity contribution in [1.82, 2.24) is 25.0 Å². The number of hydrogen-bond donors (Lipinski definition) is 2. The highest BCUT2D eigenvalue weighted by Gasteiger charge is 2.36. The molecule has 2 N–H and O–H groups in total. The van der Waals surface area contributed by atoms with Gasteiger partial charge in [0.1, 0.15) is 5.82 Å². The molecule has 2 bridgehead atoms. The van der Waals surface area contributed by atoms with E-state index in [9.17, 15) is 4.79 Å². The molecule has 0 saturated carbocycles. The Kier molecular flexibility index (Phi) is 4.72. The van der Waals surface area contributed by atoms with Crippen molar-refractivity contribution in [1.29, 1.82) is 0 Å². The SMILES string of the molecule is CC(=O)Nc1nn(-c2ccn[nH]2)c2nc(N3CCOCC3)cc(N3CC4CCC(C3)O4)c12. The Morgan fingerprint density at radius 2 is 1.97 bits per heavy atom. The molecule has 32 heavy (non-hydrogen) atoms. The second-order valence-electron chi connectivity index (χ2n) is 8.54. The van der Waals surface area contributed by atoms with Gasteiger partial charge in [-0.25, -0.2) is 4.98 Å². The Labute approximate surface area is 184 Å². The van der Waals surface area contributed by atoms with Crippen molar-refractivity contribution in [3.8, 4) is 5.82 Å². The molecule has 0 aromatic carbocycles. The smallest absolute Gasteiger partial charge is 0.222 e. The molecule has 3 fully saturated rings. The van der Waals surface area contributed by atoms with Gasteiger partial charge in [-0.1, -0.05) is 0 Å². The number of hydrogen-bond acceptors (Lipinski definition) is 8. The van der Waals surface area contributed by atoms with E-state index in [2.05, 4.69) is 31.4 Å². The zero-order chi connectivity index (χ0) is 21.7. The van der Waals surface area contributed by atoms with E-state index >= 15 is 0 Å². The zero-order valence-electron chi connectivity index (χ0n) is 18.0. The van der Waals surface area contributed by atoms with Crippen LogP contribution in [0.1, 0.15) is 19.8 Å². The molecular formula is C21H26N8O3. The third kappa shape index (κ3) is 3.37. The Balaban J connectivity index is 1.56. The quantitative estimate of drug-likeness (QED) is 0.627. The number of amides is 1. The van der Waals surface area contributed by atoms with Crippen LogP contribution in [0, 0.1) is 0 Å². The maximum atomic E-state index is 12.0. The Morgan fingerprint density at radius 3 is 2.66 bits per heavy atom. The summed E-state index contributed by atoms with van der Waals surface area (Å²) in [7, 11) is 0. The summed E-state index contributed by atoms with van der Waals surface area (Å²) in [5.41, 5.74) is 1.70. The van der Waals surface area contributed by atoms with E-state index in [-0.39, 0.29) is 18.1 Å². The molecule has 3 aromatic heterocycles. The van der Waals surface area contributed by atoms with Crippen LogP contribution in [0.4, 0.5) is 17.3 Å². The predicted molar refractivity (Wildman–Crippen MR) is 118 cm³/mol. The number of morpholine rings is 2. The van der Waals surface area contributed by atoms with E-state index in [0.717, 1.165) is 55.9 Å². The van der Waals surface area contributed by atoms with Crippen molar-refractivity contribution in [2.75, 3.05) is 54.5 Å². The molecule has 3 saturated heterocycles. The topological polar surface area (TPSA) is 113 Å². The van der Waals surface area contributed by atoms with Gasteiger partial charge in [-0.05, 0) is 12.8 Å². The number of anilines is 3. The summed E-state index contributed by atoms with van der Waals surface area (Å²) in [5.74, 6) is 1.89. The average Bonchev–Trinajstić information content (AvgIpc) is 3.53. The van der Waals surface area contributed by atoms with Crippen LogP contribution in [0.5, 0.6) is 0 Å². The molecule has 1 amide bonds. The number of carbonyl (C=O) groups is 1. The molecule has 3 aromatic rings. The van der Waals surface area contributed by atoms with E-state index in [1.807, 2.05) is 6.07 Å². The van der Waals surface area contributed by atoms with Gasteiger partial charge in [0.15, 0.2) is 17.3 Å². The zero-order valence-corrected chi connectivity index (χ0v) is 18.0. The summed E-state index contributed by atoms with van der Waals surface area (Å²) in [6.07, 6.45) is 4.30. The third-order valence-corrected chi connectivity index (χ3v) is 6.33. The average molecular weight is 438 g/mol. The second-order valence-corrected chi connectivity index (χ2v) is 8.54. The highest BCUT2D eigenvalue weighted by molar-refractivity contribution is 6.05. The van der Waals surface area contributed by atoms with Crippen molar-refractivity contribution < 1.29 is 14.3 Å². The molecule has 168 valence electrons. The van der Waals surface area contributed by atoms with E-state index in [0.29, 0.717) is 30.5 Å². The Bertz CT molecular complexity index is 1130. The standard InChI is InChI=1S/C21H26N8O3/c1-13(30)23-20-19-16(28-11-14-2-3-15(12-28)32-14)10-18(27-6-8-31-9-7-27)24-21(19)29(26-20)17-4-5-22-25-17/h4-5,10,14-15H,2-3,6-9,11-12H2,1H3,(H,22,25)(H,23,26,30). The molecule has 3 aliphatic heterocycles. The number of carbonyl (C=O) groups excluding carboxylic acids is 1. The van der Waals surface area contributed by atoms with Gasteiger partial charge in [-0.15, -0.1) is 5.10 Å². The summed E-state index contributed by atoms with van der Waals surface area (Å²) in [6, 6.07) is 3.96. The molecule has 0 radical (unpaired) electrons. The van der Waals surface area contributed by atoms with E-state index in [1.165, 1.54) is 6.92 Å². The van der Waals surface area contributed by atoms with Gasteiger partial charge in [0.05, 0.1) is 42.7 Å². The lowest BCUT2D eigenvalue weighted by Crippen LogP contribution is -2.43. The predicted octanol–water partition coefficient (Wildman–Crippen LogP) is 1.31. The highest BCUT2D eigenvalue weighted by Crippen LogP contribution is 2.39. The van der Waals surface area contributed by atoms with Gasteiger partial charge in [-0.3, -0.25) is 9.89 Å². The van der Waals surface area contributed by atoms with E-state index in [1.54, 1.807) is 10.9 Å². The number of pyridine rings is 1. The van der Waals surface area contributed by atoms with Gasteiger partial charge in [0, 0.05) is 45.2 Å². The van der Waals surface area contributed by atoms with Crippen molar-refractivity contribution >= 4 is 34.3 Å². The first-order chi connectivity index (χ1) is 15.7. The molecule has 6 heterocycles. The molecular weight excluding hydrogens is 412 g/mol. The summed E-state index contributed by atoms with van der Waals surface area (Å²) in [4.78, 5) is 21.6. The summed E-state index contributed by atoms with van der Waals surface area (Å²) in [5, 5.41) is 15.5. The summed E-state index contributed by atoms with van der Waals surface area (Å²) < 4.78 is 13.3. The monoisotopic (exact) mass is 438 g/mol. The number of nitrogens with one attached hydrogen (secondary N) is 2. The van der Waals surface area contributed by atoms with Crippen LogP contribution in [0.3, 0.4) is 0 Å². The van der Waals surface area contributed by atoms with Gasteiger partial charge in [0.25, 0.3) is 0 Å². The minimum atomic E-state index is -0.175. The second kappa shape index (κ2) is 7.75. The fourth-order valence-corrected chi connectivity index (χ4v) is 4.89. The maximum Gasteiger partial charge on any atom is 0.222 e. The molecule has 2 unspecified atom stereocenters. The number of nitrogens with zero attached hydrogens (tertiary/aromatic N) is 6. The third-order valence-electron chi connectivity index (χ3n) is 6.33. The van der Waals surface area contributed by atoms with Gasteiger partial charge in [0.2, 0.25) is 5.91 Å². The van der Waals surface area contributed by atoms with Gasteiger partial charge < -0.3 is 24.6 Å². The molecule has 0 spiro atoms. The first kappa shape index (κ1) is 19.5. The van der Waals surface area contributed by atoms with E-state index < -0.39 is 0 Å². The van der Waals surface area contributed by atoms with Crippen LogP contribution in [0.15, 0.2) is 18.3 Å². The first-order valence-corrected chi connectivity index (χ1v) is 11.1. The molecule has 2 atom stereocenters. The minimum absolute atomic E-state index is 0.175. The van der Waals surface area contributed by atoms with Crippen LogP contribution >= 0.6 is 0 Å². The lowest BCUT2D eigenvalue weighted by molar-refractivity contribution is -0.114. The normalized spacial score (nSPS) is 23.2. The first-order valence-electron chi connectivity index (χ1n) is 11.1. The minimum Gasteiger partial charge on any atom is -0.378 e. The highest BCUT2D eigenvalue weighted by atomic mass is 16.5. The number of H-pyrrole nitrogens is 1. The molecule has 3 aliphatic rings. The number of aromatic amines is 1. The van der Waals surface area contributed by atoms with Gasteiger partial charge in [-0.2, -0.15) is 9.78 Å². The number of rotatable bonds is 4. The molecule has 6 rings (SSSR count). The molecule has 0 aliphatic carbocycles. The lowest BCUT2D eigenvalue weighted by Gasteiger charge is -2.35. The summed E-state index contributed by atoms with van der Waals surface area (Å²) >= 11 is 0. The number of ether oxygens (including phenoxy) is 2. The van der Waals surface area contributed by atoms with Crippen LogP contribution in [0.2, 0.25) is 0 Å². The Morgan fingerprint density at radius 1 is 1.19 bits per heavy atom. The fourth-order valence-electron chi connectivity index (χ4n) is 4.89. The largest absolute Gasteiger partial charge is 0.378 e. The van der Waals surface area contributed by atoms with Crippen molar-refractivity contribution in [3.05, 3.63) is 18.3 Å². The summed E-state index contributed by atoms with van der Waals surface area (Å²) in [6.45, 7) is 6.03. The number of aromatic nitrogens is 5. The van der Waals surface area contributed by atoms with Crippen LogP contribution in [-0.2, 0) is 14.3 Å². The van der Waals surface area contributed by atoms with Crippen LogP contribution in [-0.4, -0.2) is 82.5 Å². The van der Waals surface area contributed by atoms with E-state index in [4.69, 9.17) is 19.6 Å². The van der Waals surface area contributed by atoms with Gasteiger partial charge >= 0.3 is 0 Å². The fraction of sp³-hybridized carbons (Fsp3) is 0.524. The van der Waals surface area contributed by atoms with Crippen LogP contribution < -0.4 is 15.1 Å². The maximum absolute atomic E-state index is 12.0. The number of fused-ring (bicyclic) bond motifs is 3. The lowest BCUT2D eigenvalue weighted by atomic mass is 10.2. The molecule has 11 heteroatoms. The van der Waals surface area contributed by atoms with Crippen molar-refractivity contribution in [2.45, 2.75) is 32.0 Å². The Hall–Kier alpha value is -3.18. The molecule has 11 nitrogen and oxygen atoms in total.